The minimum atomic E-state index is -0.758. The van der Waals surface area contributed by atoms with Gasteiger partial charge in [-0.05, 0) is 43.2 Å². The molecule has 1 aliphatic rings. The van der Waals surface area contributed by atoms with Crippen LogP contribution in [0, 0.1) is 0 Å². The maximum absolute atomic E-state index is 13.4. The number of H-pyrrole nitrogens is 1. The maximum atomic E-state index is 13.4. The van der Waals surface area contributed by atoms with Crippen molar-refractivity contribution in [1.82, 2.24) is 4.90 Å². The lowest BCUT2D eigenvalue weighted by molar-refractivity contribution is -0.378. The van der Waals surface area contributed by atoms with Crippen LogP contribution in [-0.4, -0.2) is 22.7 Å². The van der Waals surface area contributed by atoms with Crippen molar-refractivity contribution in [2.75, 3.05) is 0 Å². The minimum absolute atomic E-state index is 0.00575. The standard InChI is InChI=1S/C26H24N2O4/c1-17(2)32-21-12-10-20(11-13-21)24(29)22-23(19-8-4-3-5-9-19)28(26(31)25(22)30)16-18-7-6-14-27-15-18/h3-15,17,23,29H,16H2,1-2H3. The molecule has 162 valence electrons. The van der Waals surface area contributed by atoms with E-state index < -0.39 is 23.5 Å². The van der Waals surface area contributed by atoms with E-state index in [0.29, 0.717) is 11.3 Å². The van der Waals surface area contributed by atoms with Gasteiger partial charge in [0.15, 0.2) is 12.4 Å². The summed E-state index contributed by atoms with van der Waals surface area (Å²) in [5.74, 6) is -1.25. The highest BCUT2D eigenvalue weighted by Crippen LogP contribution is 2.39. The predicted molar refractivity (Wildman–Crippen MR) is 117 cm³/mol. The van der Waals surface area contributed by atoms with Crippen LogP contribution in [0.2, 0.25) is 0 Å². The molecule has 1 amide bonds. The van der Waals surface area contributed by atoms with Gasteiger partial charge >= 0.3 is 0 Å². The lowest BCUT2D eigenvalue weighted by atomic mass is 9.95. The van der Waals surface area contributed by atoms with E-state index >= 15 is 0 Å². The summed E-state index contributed by atoms with van der Waals surface area (Å²) in [6.07, 6.45) is 3.54. The van der Waals surface area contributed by atoms with E-state index in [-0.39, 0.29) is 18.2 Å². The molecule has 1 aliphatic heterocycles. The van der Waals surface area contributed by atoms with Gasteiger partial charge in [-0.1, -0.05) is 48.2 Å². The number of nitrogens with zero attached hydrogens (tertiary/aromatic N) is 1. The Balaban J connectivity index is 1.78. The number of amides is 1. The van der Waals surface area contributed by atoms with E-state index in [0.717, 1.165) is 11.1 Å². The summed E-state index contributed by atoms with van der Waals surface area (Å²) in [5, 5.41) is 13.4. The van der Waals surface area contributed by atoms with Crippen LogP contribution in [0.15, 0.2) is 84.7 Å². The van der Waals surface area contributed by atoms with Crippen molar-refractivity contribution in [1.29, 1.82) is 0 Å². The molecule has 1 fully saturated rings. The van der Waals surface area contributed by atoms with Crippen molar-refractivity contribution >= 4 is 17.4 Å². The average molecular weight is 428 g/mol. The molecule has 6 nitrogen and oxygen atoms in total. The van der Waals surface area contributed by atoms with Crippen LogP contribution in [-0.2, 0) is 16.1 Å². The number of hydrogen-bond acceptors (Lipinski definition) is 4. The number of Topliss-reactive ketones (excluding diaryl/α,β-unsaturated/α-hetero) is 1. The number of aromatic amines is 1. The van der Waals surface area contributed by atoms with E-state index in [1.165, 1.54) is 4.90 Å². The lowest BCUT2D eigenvalue weighted by Crippen LogP contribution is -2.29. The molecule has 0 aliphatic carbocycles. The largest absolute Gasteiger partial charge is 0.872 e. The molecule has 1 atom stereocenters. The van der Waals surface area contributed by atoms with Crippen LogP contribution in [0.25, 0.3) is 5.76 Å². The molecule has 2 heterocycles. The van der Waals surface area contributed by atoms with Crippen LogP contribution in [0.5, 0.6) is 5.75 Å². The maximum Gasteiger partial charge on any atom is 0.295 e. The number of carbonyl (C=O) groups is 2. The highest BCUT2D eigenvalue weighted by molar-refractivity contribution is 6.46. The zero-order valence-electron chi connectivity index (χ0n) is 17.9. The summed E-state index contributed by atoms with van der Waals surface area (Å²) in [5.41, 5.74) is 1.86. The first-order chi connectivity index (χ1) is 15.5. The van der Waals surface area contributed by atoms with Gasteiger partial charge in [0.2, 0.25) is 5.78 Å². The SMILES string of the molecule is CC(C)Oc1ccc(C([O-])=C2C(=O)C(=O)N(Cc3ccc[nH+]c3)C2c2ccccc2)cc1. The molecule has 0 radical (unpaired) electrons. The van der Waals surface area contributed by atoms with Crippen LogP contribution in [0.4, 0.5) is 0 Å². The van der Waals surface area contributed by atoms with Gasteiger partial charge in [-0.2, -0.15) is 0 Å². The molecule has 0 spiro atoms. The van der Waals surface area contributed by atoms with Crippen LogP contribution >= 0.6 is 0 Å². The Morgan fingerprint density at radius 3 is 2.38 bits per heavy atom. The van der Waals surface area contributed by atoms with Crippen molar-refractivity contribution in [2.24, 2.45) is 0 Å². The summed E-state index contributed by atoms with van der Waals surface area (Å²) in [7, 11) is 0. The number of hydrogen-bond donors (Lipinski definition) is 0. The Morgan fingerprint density at radius 1 is 1.03 bits per heavy atom. The smallest absolute Gasteiger partial charge is 0.295 e. The third-order valence-corrected chi connectivity index (χ3v) is 5.26. The molecular formula is C26H24N2O4. The van der Waals surface area contributed by atoms with Crippen molar-refractivity contribution < 1.29 is 24.4 Å². The van der Waals surface area contributed by atoms with Gasteiger partial charge in [-0.3, -0.25) is 9.59 Å². The van der Waals surface area contributed by atoms with Gasteiger partial charge < -0.3 is 14.7 Å². The fourth-order valence-electron chi connectivity index (χ4n) is 3.85. The Hall–Kier alpha value is -3.93. The molecule has 3 aromatic rings. The second-order valence-electron chi connectivity index (χ2n) is 7.92. The van der Waals surface area contributed by atoms with E-state index in [4.69, 9.17) is 4.74 Å². The van der Waals surface area contributed by atoms with Gasteiger partial charge in [-0.25, -0.2) is 4.98 Å². The normalized spacial score (nSPS) is 17.7. The summed E-state index contributed by atoms with van der Waals surface area (Å²) in [4.78, 5) is 30.5. The number of ketones is 1. The molecule has 1 saturated heterocycles. The van der Waals surface area contributed by atoms with Crippen molar-refractivity contribution in [3.8, 4) is 5.75 Å². The molecule has 6 heteroatoms. The molecular weight excluding hydrogens is 404 g/mol. The van der Waals surface area contributed by atoms with Crippen molar-refractivity contribution in [2.45, 2.75) is 32.5 Å². The van der Waals surface area contributed by atoms with Gasteiger partial charge in [-0.15, -0.1) is 0 Å². The molecule has 1 N–H and O–H groups in total. The Morgan fingerprint density at radius 2 is 1.75 bits per heavy atom. The average Bonchev–Trinajstić information content (AvgIpc) is 3.05. The third-order valence-electron chi connectivity index (χ3n) is 5.26. The zero-order valence-corrected chi connectivity index (χ0v) is 17.9. The van der Waals surface area contributed by atoms with Gasteiger partial charge in [0.25, 0.3) is 5.91 Å². The second kappa shape index (κ2) is 9.06. The van der Waals surface area contributed by atoms with Crippen LogP contribution < -0.4 is 14.8 Å². The second-order valence-corrected chi connectivity index (χ2v) is 7.92. The zero-order chi connectivity index (χ0) is 22.7. The first-order valence-corrected chi connectivity index (χ1v) is 10.5. The Bertz CT molecular complexity index is 1140. The van der Waals surface area contributed by atoms with Crippen LogP contribution in [0.3, 0.4) is 0 Å². The number of rotatable bonds is 6. The molecule has 2 aromatic carbocycles. The number of benzene rings is 2. The minimum Gasteiger partial charge on any atom is -0.872 e. The Labute approximate surface area is 186 Å². The number of nitrogens with one attached hydrogen (secondary N) is 1. The van der Waals surface area contributed by atoms with Crippen LogP contribution in [0.1, 0.15) is 36.6 Å². The summed E-state index contributed by atoms with van der Waals surface area (Å²) >= 11 is 0. The number of ether oxygens (including phenoxy) is 1. The number of carbonyl (C=O) groups excluding carboxylic acids is 2. The molecule has 1 unspecified atom stereocenters. The fourth-order valence-corrected chi connectivity index (χ4v) is 3.85. The quantitative estimate of drug-likeness (QED) is 0.343. The van der Waals surface area contributed by atoms with E-state index in [1.807, 2.05) is 56.3 Å². The van der Waals surface area contributed by atoms with Gasteiger partial charge in [0, 0.05) is 17.2 Å². The highest BCUT2D eigenvalue weighted by atomic mass is 16.5. The molecule has 0 saturated carbocycles. The first kappa shape index (κ1) is 21.3. The lowest BCUT2D eigenvalue weighted by Gasteiger charge is -2.27. The number of pyridine rings is 1. The van der Waals surface area contributed by atoms with E-state index in [1.54, 1.807) is 36.7 Å². The molecule has 1 aromatic heterocycles. The molecule has 0 bridgehead atoms. The van der Waals surface area contributed by atoms with E-state index in [9.17, 15) is 14.7 Å². The predicted octanol–water partition coefficient (Wildman–Crippen LogP) is 2.71. The third kappa shape index (κ3) is 4.25. The van der Waals surface area contributed by atoms with E-state index in [2.05, 4.69) is 4.98 Å². The molecule has 32 heavy (non-hydrogen) atoms. The topological polar surface area (TPSA) is 83.8 Å². The summed E-state index contributed by atoms with van der Waals surface area (Å²) in [6, 6.07) is 18.8. The van der Waals surface area contributed by atoms with Crippen molar-refractivity contribution in [3.05, 3.63) is 101 Å². The fraction of sp³-hybridized carbons (Fsp3) is 0.192. The summed E-state index contributed by atoms with van der Waals surface area (Å²) in [6.45, 7) is 4.04. The first-order valence-electron chi connectivity index (χ1n) is 10.5. The van der Waals surface area contributed by atoms with Crippen molar-refractivity contribution in [3.63, 3.8) is 0 Å². The Kier molecular flexibility index (Phi) is 6.03. The summed E-state index contributed by atoms with van der Waals surface area (Å²) < 4.78 is 5.64. The van der Waals surface area contributed by atoms with Gasteiger partial charge in [0.1, 0.15) is 5.75 Å². The van der Waals surface area contributed by atoms with Gasteiger partial charge in [0.05, 0.1) is 18.7 Å². The highest BCUT2D eigenvalue weighted by Gasteiger charge is 2.44. The number of likely N-dealkylation sites (tertiary alicyclic amines) is 1. The molecule has 4 rings (SSSR count). The monoisotopic (exact) mass is 428 g/mol. The number of aromatic nitrogens is 1.